The van der Waals surface area contributed by atoms with Crippen molar-refractivity contribution in [3.63, 3.8) is 0 Å². The number of benzene rings is 1. The highest BCUT2D eigenvalue weighted by molar-refractivity contribution is 5.77. The molecule has 0 saturated carbocycles. The van der Waals surface area contributed by atoms with Crippen LogP contribution in [0.25, 0.3) is 0 Å². The van der Waals surface area contributed by atoms with Gasteiger partial charge >= 0.3 is 0 Å². The predicted molar refractivity (Wildman–Crippen MR) is 54.4 cm³/mol. The Morgan fingerprint density at radius 1 is 1.40 bits per heavy atom. The molecular formula is C11H13NO3. The molecule has 2 rings (SSSR count). The van der Waals surface area contributed by atoms with E-state index in [9.17, 15) is 4.79 Å². The average molecular weight is 207 g/mol. The SMILES string of the molecule is CN1CC(c2ccc(O)cc2)OCC1=O. The van der Waals surface area contributed by atoms with Gasteiger partial charge in [-0.25, -0.2) is 0 Å². The van der Waals surface area contributed by atoms with E-state index >= 15 is 0 Å². The minimum atomic E-state index is -0.0895. The van der Waals surface area contributed by atoms with Crippen LogP contribution in [-0.4, -0.2) is 36.1 Å². The maximum atomic E-state index is 11.2. The molecule has 1 atom stereocenters. The van der Waals surface area contributed by atoms with Crippen molar-refractivity contribution in [2.75, 3.05) is 20.2 Å². The number of aromatic hydroxyl groups is 1. The third kappa shape index (κ3) is 2.10. The van der Waals surface area contributed by atoms with Crippen molar-refractivity contribution >= 4 is 5.91 Å². The zero-order valence-corrected chi connectivity index (χ0v) is 8.51. The summed E-state index contributed by atoms with van der Waals surface area (Å²) >= 11 is 0. The summed E-state index contributed by atoms with van der Waals surface area (Å²) in [5, 5.41) is 9.14. The number of phenols is 1. The fourth-order valence-electron chi connectivity index (χ4n) is 1.58. The van der Waals surface area contributed by atoms with E-state index in [4.69, 9.17) is 9.84 Å². The van der Waals surface area contributed by atoms with Crippen LogP contribution >= 0.6 is 0 Å². The second-order valence-electron chi connectivity index (χ2n) is 3.67. The molecule has 1 heterocycles. The highest BCUT2D eigenvalue weighted by Gasteiger charge is 2.24. The van der Waals surface area contributed by atoms with E-state index in [-0.39, 0.29) is 24.4 Å². The van der Waals surface area contributed by atoms with Crippen molar-refractivity contribution in [1.82, 2.24) is 4.90 Å². The number of carbonyl (C=O) groups excluding carboxylic acids is 1. The van der Waals surface area contributed by atoms with Gasteiger partial charge in [0.25, 0.3) is 0 Å². The van der Waals surface area contributed by atoms with Crippen LogP contribution < -0.4 is 0 Å². The van der Waals surface area contributed by atoms with Gasteiger partial charge in [-0.05, 0) is 17.7 Å². The molecule has 1 unspecified atom stereocenters. The predicted octanol–water partition coefficient (Wildman–Crippen LogP) is 0.922. The molecule has 0 radical (unpaired) electrons. The van der Waals surface area contributed by atoms with E-state index < -0.39 is 0 Å². The summed E-state index contributed by atoms with van der Waals surface area (Å²) in [6, 6.07) is 6.86. The van der Waals surface area contributed by atoms with E-state index in [1.165, 1.54) is 0 Å². The van der Waals surface area contributed by atoms with Crippen LogP contribution in [0.1, 0.15) is 11.7 Å². The molecule has 1 amide bonds. The van der Waals surface area contributed by atoms with Crippen LogP contribution in [0.3, 0.4) is 0 Å². The fraction of sp³-hybridized carbons (Fsp3) is 0.364. The van der Waals surface area contributed by atoms with Crippen LogP contribution in [0.2, 0.25) is 0 Å². The molecule has 1 N–H and O–H groups in total. The van der Waals surface area contributed by atoms with Crippen molar-refractivity contribution in [2.45, 2.75) is 6.10 Å². The van der Waals surface area contributed by atoms with E-state index in [1.54, 1.807) is 24.1 Å². The molecule has 1 saturated heterocycles. The minimum absolute atomic E-state index is 0.00466. The van der Waals surface area contributed by atoms with Gasteiger partial charge in [-0.2, -0.15) is 0 Å². The molecule has 1 aliphatic heterocycles. The number of morpholine rings is 1. The van der Waals surface area contributed by atoms with E-state index in [0.29, 0.717) is 6.54 Å². The number of amides is 1. The Morgan fingerprint density at radius 3 is 2.67 bits per heavy atom. The first-order chi connectivity index (χ1) is 7.16. The summed E-state index contributed by atoms with van der Waals surface area (Å²) in [7, 11) is 1.76. The van der Waals surface area contributed by atoms with Gasteiger partial charge in [0.2, 0.25) is 5.91 Å². The number of carbonyl (C=O) groups is 1. The van der Waals surface area contributed by atoms with Gasteiger partial charge in [-0.3, -0.25) is 4.79 Å². The van der Waals surface area contributed by atoms with Gasteiger partial charge in [0.15, 0.2) is 0 Å². The molecular weight excluding hydrogens is 194 g/mol. The number of ether oxygens (including phenoxy) is 1. The Bertz CT molecular complexity index is 361. The number of hydrogen-bond acceptors (Lipinski definition) is 3. The van der Waals surface area contributed by atoms with Crippen molar-refractivity contribution < 1.29 is 14.6 Å². The highest BCUT2D eigenvalue weighted by atomic mass is 16.5. The Balaban J connectivity index is 2.12. The van der Waals surface area contributed by atoms with E-state index in [2.05, 4.69) is 0 Å². The Kier molecular flexibility index (Phi) is 2.60. The molecule has 0 spiro atoms. The maximum absolute atomic E-state index is 11.2. The molecule has 0 aromatic heterocycles. The zero-order valence-electron chi connectivity index (χ0n) is 8.51. The van der Waals surface area contributed by atoms with E-state index in [0.717, 1.165) is 5.56 Å². The lowest BCUT2D eigenvalue weighted by Crippen LogP contribution is -2.40. The summed E-state index contributed by atoms with van der Waals surface area (Å²) in [5.41, 5.74) is 0.979. The Labute approximate surface area is 88.1 Å². The summed E-state index contributed by atoms with van der Waals surface area (Å²) in [6.45, 7) is 0.686. The third-order valence-electron chi connectivity index (χ3n) is 2.54. The molecule has 1 aromatic carbocycles. The minimum Gasteiger partial charge on any atom is -0.508 e. The lowest BCUT2D eigenvalue weighted by atomic mass is 10.1. The Hall–Kier alpha value is -1.55. The third-order valence-corrected chi connectivity index (χ3v) is 2.54. The van der Waals surface area contributed by atoms with Crippen molar-refractivity contribution in [3.8, 4) is 5.75 Å². The molecule has 0 aliphatic carbocycles. The van der Waals surface area contributed by atoms with Gasteiger partial charge < -0.3 is 14.7 Å². The van der Waals surface area contributed by atoms with E-state index in [1.807, 2.05) is 12.1 Å². The monoisotopic (exact) mass is 207 g/mol. The summed E-state index contributed by atoms with van der Waals surface area (Å²) in [5.74, 6) is 0.240. The van der Waals surface area contributed by atoms with Gasteiger partial charge in [0, 0.05) is 7.05 Å². The molecule has 15 heavy (non-hydrogen) atoms. The standard InChI is InChI=1S/C11H13NO3/c1-12-6-10(15-7-11(12)14)8-2-4-9(13)5-3-8/h2-5,10,13H,6-7H2,1H3. The summed E-state index contributed by atoms with van der Waals surface area (Å²) in [4.78, 5) is 12.8. The molecule has 4 nitrogen and oxygen atoms in total. The first-order valence-electron chi connectivity index (χ1n) is 4.81. The van der Waals surface area contributed by atoms with Crippen LogP contribution in [0.5, 0.6) is 5.75 Å². The maximum Gasteiger partial charge on any atom is 0.248 e. The number of nitrogens with zero attached hydrogens (tertiary/aromatic N) is 1. The Morgan fingerprint density at radius 2 is 2.07 bits per heavy atom. The van der Waals surface area contributed by atoms with Crippen molar-refractivity contribution in [3.05, 3.63) is 29.8 Å². The quantitative estimate of drug-likeness (QED) is 0.745. The van der Waals surface area contributed by atoms with Crippen LogP contribution in [0.15, 0.2) is 24.3 Å². The van der Waals surface area contributed by atoms with Gasteiger partial charge in [-0.1, -0.05) is 12.1 Å². The number of phenolic OH excluding ortho intramolecular Hbond substituents is 1. The second kappa shape index (κ2) is 3.90. The fourth-order valence-corrected chi connectivity index (χ4v) is 1.58. The van der Waals surface area contributed by atoms with Gasteiger partial charge in [0.1, 0.15) is 18.5 Å². The molecule has 80 valence electrons. The number of hydrogen-bond donors (Lipinski definition) is 1. The molecule has 0 bridgehead atoms. The second-order valence-corrected chi connectivity index (χ2v) is 3.67. The van der Waals surface area contributed by atoms with Crippen molar-refractivity contribution in [2.24, 2.45) is 0 Å². The molecule has 1 aliphatic rings. The summed E-state index contributed by atoms with van der Waals surface area (Å²) in [6.07, 6.45) is -0.0895. The van der Waals surface area contributed by atoms with Crippen LogP contribution in [0.4, 0.5) is 0 Å². The largest absolute Gasteiger partial charge is 0.508 e. The first-order valence-corrected chi connectivity index (χ1v) is 4.81. The lowest BCUT2D eigenvalue weighted by molar-refractivity contribution is -0.147. The highest BCUT2D eigenvalue weighted by Crippen LogP contribution is 2.23. The normalized spacial score (nSPS) is 21.8. The first kappa shape index (κ1) is 9.98. The van der Waals surface area contributed by atoms with Crippen LogP contribution in [0, 0.1) is 0 Å². The number of rotatable bonds is 1. The number of likely N-dealkylation sites (N-methyl/N-ethyl adjacent to an activating group) is 1. The average Bonchev–Trinajstić information content (AvgIpc) is 2.23. The van der Waals surface area contributed by atoms with Crippen molar-refractivity contribution in [1.29, 1.82) is 0 Å². The molecule has 1 aromatic rings. The zero-order chi connectivity index (χ0) is 10.8. The topological polar surface area (TPSA) is 49.8 Å². The van der Waals surface area contributed by atoms with Gasteiger partial charge in [0.05, 0.1) is 6.54 Å². The summed E-state index contributed by atoms with van der Waals surface area (Å²) < 4.78 is 5.41. The molecule has 4 heteroatoms. The molecule has 1 fully saturated rings. The lowest BCUT2D eigenvalue weighted by Gasteiger charge is -2.30. The van der Waals surface area contributed by atoms with Gasteiger partial charge in [-0.15, -0.1) is 0 Å². The smallest absolute Gasteiger partial charge is 0.248 e. The van der Waals surface area contributed by atoms with Crippen LogP contribution in [-0.2, 0) is 9.53 Å².